The number of nitrogens with zero attached hydrogens (tertiary/aromatic N) is 2. The minimum atomic E-state index is -1.19. The minimum Gasteiger partial charge on any atom is -0.391 e. The van der Waals surface area contributed by atoms with Crippen LogP contribution in [0.3, 0.4) is 0 Å². The summed E-state index contributed by atoms with van der Waals surface area (Å²) in [6.45, 7) is 6.85. The molecule has 2 aromatic carbocycles. The van der Waals surface area contributed by atoms with Gasteiger partial charge < -0.3 is 21.5 Å². The van der Waals surface area contributed by atoms with E-state index < -0.39 is 41.2 Å². The Kier molecular flexibility index (Phi) is 11.8. The predicted molar refractivity (Wildman–Crippen MR) is 189 cm³/mol. The maximum absolute atomic E-state index is 13.9. The Morgan fingerprint density at radius 1 is 0.939 bits per heavy atom. The van der Waals surface area contributed by atoms with Gasteiger partial charge in [0.05, 0.1) is 30.1 Å². The van der Waals surface area contributed by atoms with E-state index in [2.05, 4.69) is 20.5 Å². The molecule has 1 aromatic heterocycles. The van der Waals surface area contributed by atoms with Gasteiger partial charge in [0.1, 0.15) is 5.69 Å². The van der Waals surface area contributed by atoms with Gasteiger partial charge in [-0.1, -0.05) is 73.9 Å². The quantitative estimate of drug-likeness (QED) is 0.213. The highest BCUT2D eigenvalue weighted by molar-refractivity contribution is 5.99. The number of primary amides is 1. The molecular weight excluding hydrogens is 618 g/mol. The summed E-state index contributed by atoms with van der Waals surface area (Å²) in [6, 6.07) is 18.8. The van der Waals surface area contributed by atoms with Gasteiger partial charge in [-0.25, -0.2) is 4.98 Å². The Morgan fingerprint density at radius 2 is 1.63 bits per heavy atom. The second kappa shape index (κ2) is 16.0. The summed E-state index contributed by atoms with van der Waals surface area (Å²) in [7, 11) is 0. The van der Waals surface area contributed by atoms with Crippen molar-refractivity contribution >= 4 is 34.4 Å². The van der Waals surface area contributed by atoms with E-state index in [1.54, 1.807) is 18.2 Å². The van der Waals surface area contributed by atoms with E-state index in [1.807, 2.05) is 69.3 Å². The number of nitrogens with two attached hydrogens (primary N) is 1. The molecule has 2 aliphatic rings. The number of rotatable bonds is 13. The van der Waals surface area contributed by atoms with E-state index in [1.165, 1.54) is 12.8 Å². The van der Waals surface area contributed by atoms with Gasteiger partial charge in [-0.05, 0) is 75.5 Å². The number of benzene rings is 2. The molecule has 0 spiro atoms. The van der Waals surface area contributed by atoms with Crippen molar-refractivity contribution < 1.29 is 24.3 Å². The third kappa shape index (κ3) is 9.95. The van der Waals surface area contributed by atoms with Crippen molar-refractivity contribution in [1.82, 2.24) is 20.5 Å². The zero-order chi connectivity index (χ0) is 35.1. The minimum absolute atomic E-state index is 0.0362. The molecule has 6 atom stereocenters. The topological polar surface area (TPSA) is 155 Å². The Balaban J connectivity index is 1.35. The van der Waals surface area contributed by atoms with Crippen molar-refractivity contribution in [3.05, 3.63) is 78.0 Å². The first-order chi connectivity index (χ1) is 23.4. The van der Waals surface area contributed by atoms with Gasteiger partial charge in [0.2, 0.25) is 11.8 Å². The molecule has 0 bridgehead atoms. The van der Waals surface area contributed by atoms with Crippen LogP contribution in [0.15, 0.2) is 66.7 Å². The summed E-state index contributed by atoms with van der Waals surface area (Å²) >= 11 is 0. The average Bonchev–Trinajstić information content (AvgIpc) is 3.06. The number of aromatic nitrogens is 1. The van der Waals surface area contributed by atoms with Crippen LogP contribution in [-0.4, -0.2) is 75.3 Å². The SMILES string of the molecule is CC(C)(C)NC(=O)[C@@H]1CC2CCCCC2CN1C[C@@H](O)[C@@H](CC(=O)[C@H](CC(N)=O)NC(=O)c1ccc2ccccc2n1)Cc1ccccc1. The average molecular weight is 670 g/mol. The number of carbonyl (C=O) groups excluding carboxylic acids is 4. The van der Waals surface area contributed by atoms with Gasteiger partial charge in [0.15, 0.2) is 5.78 Å². The third-order valence-corrected chi connectivity index (χ3v) is 10.0. The van der Waals surface area contributed by atoms with Gasteiger partial charge in [-0.2, -0.15) is 0 Å². The van der Waals surface area contributed by atoms with Gasteiger partial charge >= 0.3 is 0 Å². The number of hydrogen-bond donors (Lipinski definition) is 4. The molecule has 10 heteroatoms. The number of likely N-dealkylation sites (tertiary alicyclic amines) is 1. The van der Waals surface area contributed by atoms with Crippen molar-refractivity contribution in [2.45, 2.75) is 95.9 Å². The molecule has 49 heavy (non-hydrogen) atoms. The molecule has 1 saturated carbocycles. The number of Topliss-reactive ketones (excluding diaryl/α,β-unsaturated/α-hetero) is 1. The number of fused-ring (bicyclic) bond motifs is 2. The van der Waals surface area contributed by atoms with E-state index >= 15 is 0 Å². The van der Waals surface area contributed by atoms with Crippen molar-refractivity contribution in [1.29, 1.82) is 0 Å². The number of nitrogens with one attached hydrogen (secondary N) is 2. The van der Waals surface area contributed by atoms with Crippen LogP contribution in [-0.2, 0) is 20.8 Å². The molecule has 3 aromatic rings. The summed E-state index contributed by atoms with van der Waals surface area (Å²) in [5.74, 6) is -1.35. The lowest BCUT2D eigenvalue weighted by atomic mass is 9.72. The molecule has 5 rings (SSSR count). The number of pyridine rings is 1. The number of β-amino-alcohol motifs (C(OH)–C–C–N with tert-alkyl or cyclic N) is 1. The summed E-state index contributed by atoms with van der Waals surface area (Å²) in [5.41, 5.74) is 6.85. The van der Waals surface area contributed by atoms with Crippen molar-refractivity contribution in [3.63, 3.8) is 0 Å². The molecular formula is C39H51N5O5. The molecule has 0 radical (unpaired) electrons. The zero-order valence-corrected chi connectivity index (χ0v) is 28.9. The van der Waals surface area contributed by atoms with Gasteiger partial charge in [-0.3, -0.25) is 24.1 Å². The molecule has 2 heterocycles. The number of hydrogen-bond acceptors (Lipinski definition) is 7. The van der Waals surface area contributed by atoms with Gasteiger partial charge in [0, 0.05) is 30.4 Å². The number of aliphatic hydroxyl groups is 1. The van der Waals surface area contributed by atoms with Crippen molar-refractivity contribution in [2.75, 3.05) is 13.1 Å². The predicted octanol–water partition coefficient (Wildman–Crippen LogP) is 4.18. The van der Waals surface area contributed by atoms with Crippen molar-refractivity contribution in [3.8, 4) is 0 Å². The Morgan fingerprint density at radius 3 is 2.35 bits per heavy atom. The molecule has 262 valence electrons. The summed E-state index contributed by atoms with van der Waals surface area (Å²) in [6.07, 6.45) is 4.29. The highest BCUT2D eigenvalue weighted by Gasteiger charge is 2.42. The molecule has 2 unspecified atom stereocenters. The third-order valence-electron chi connectivity index (χ3n) is 10.0. The van der Waals surface area contributed by atoms with E-state index in [9.17, 15) is 24.3 Å². The first-order valence-corrected chi connectivity index (χ1v) is 17.6. The second-order valence-corrected chi connectivity index (χ2v) is 15.0. The van der Waals surface area contributed by atoms with Crippen LogP contribution in [0.25, 0.3) is 10.9 Å². The monoisotopic (exact) mass is 669 g/mol. The lowest BCUT2D eigenvalue weighted by Crippen LogP contribution is -2.59. The molecule has 1 saturated heterocycles. The van der Waals surface area contributed by atoms with Crippen LogP contribution in [0.5, 0.6) is 0 Å². The fourth-order valence-corrected chi connectivity index (χ4v) is 7.55. The van der Waals surface area contributed by atoms with Crippen molar-refractivity contribution in [2.24, 2.45) is 23.5 Å². The number of para-hydroxylation sites is 1. The van der Waals surface area contributed by atoms with E-state index in [4.69, 9.17) is 5.73 Å². The van der Waals surface area contributed by atoms with Crippen LogP contribution < -0.4 is 16.4 Å². The smallest absolute Gasteiger partial charge is 0.270 e. The van der Waals surface area contributed by atoms with Gasteiger partial charge in [-0.15, -0.1) is 0 Å². The standard InChI is InChI=1S/C39H51N5O5/c1-39(2,3)43-38(49)33-20-27-14-7-8-15-28(27)23-44(33)24-35(46)29(19-25-11-5-4-6-12-25)21-34(45)32(22-36(40)47)42-37(48)31-18-17-26-13-9-10-16-30(26)41-31/h4-6,9-13,16-18,27-29,32-33,35,46H,7-8,14-15,19-24H2,1-3H3,(H2,40,47)(H,42,48)(H,43,49)/t27?,28?,29-,32+,33+,35-/m1/s1. The lowest BCUT2D eigenvalue weighted by molar-refractivity contribution is -0.133. The Labute approximate surface area is 289 Å². The van der Waals surface area contributed by atoms with E-state index in [0.717, 1.165) is 36.8 Å². The van der Waals surface area contributed by atoms with Gasteiger partial charge in [0.25, 0.3) is 5.91 Å². The summed E-state index contributed by atoms with van der Waals surface area (Å²) in [5, 5.41) is 18.6. The Hall–Kier alpha value is -4.15. The largest absolute Gasteiger partial charge is 0.391 e. The molecule has 2 fully saturated rings. The van der Waals surface area contributed by atoms with E-state index in [-0.39, 0.29) is 37.0 Å². The Bertz CT molecular complexity index is 1620. The number of aliphatic hydroxyl groups excluding tert-OH is 1. The number of carbonyl (C=O) groups is 4. The summed E-state index contributed by atoms with van der Waals surface area (Å²) < 4.78 is 0. The maximum Gasteiger partial charge on any atom is 0.270 e. The zero-order valence-electron chi connectivity index (χ0n) is 28.9. The normalized spacial score (nSPS) is 21.6. The first kappa shape index (κ1) is 36.1. The number of amides is 3. The highest BCUT2D eigenvalue weighted by atomic mass is 16.3. The number of ketones is 1. The maximum atomic E-state index is 13.9. The fraction of sp³-hybridized carbons (Fsp3) is 0.513. The van der Waals surface area contributed by atoms with Crippen LogP contribution in [0.2, 0.25) is 0 Å². The first-order valence-electron chi connectivity index (χ1n) is 17.6. The van der Waals surface area contributed by atoms with Crippen LogP contribution in [0.4, 0.5) is 0 Å². The van der Waals surface area contributed by atoms with Crippen LogP contribution in [0, 0.1) is 17.8 Å². The highest BCUT2D eigenvalue weighted by Crippen LogP contribution is 2.39. The fourth-order valence-electron chi connectivity index (χ4n) is 7.55. The lowest BCUT2D eigenvalue weighted by Gasteiger charge is -2.47. The second-order valence-electron chi connectivity index (χ2n) is 15.0. The van der Waals surface area contributed by atoms with Crippen LogP contribution >= 0.6 is 0 Å². The summed E-state index contributed by atoms with van der Waals surface area (Å²) in [4.78, 5) is 59.5. The van der Waals surface area contributed by atoms with E-state index in [0.29, 0.717) is 23.8 Å². The molecule has 3 amide bonds. The molecule has 1 aliphatic heterocycles. The molecule has 10 nitrogen and oxygen atoms in total. The van der Waals surface area contributed by atoms with Crippen LogP contribution in [0.1, 0.15) is 81.8 Å². The number of piperidine rings is 1. The molecule has 1 aliphatic carbocycles. The molecule has 5 N–H and O–H groups in total.